The van der Waals surface area contributed by atoms with Crippen molar-refractivity contribution in [1.29, 1.82) is 0 Å². The Balaban J connectivity index is 1.69. The number of para-hydroxylation sites is 1. The zero-order valence-corrected chi connectivity index (χ0v) is 12.0. The van der Waals surface area contributed by atoms with Gasteiger partial charge in [0.05, 0.1) is 0 Å². The Kier molecular flexibility index (Phi) is 3.75. The van der Waals surface area contributed by atoms with Crippen molar-refractivity contribution in [3.05, 3.63) is 65.7 Å². The van der Waals surface area contributed by atoms with E-state index in [4.69, 9.17) is 5.73 Å². The molecule has 20 heavy (non-hydrogen) atoms. The molecular weight excluding hydrogens is 244 g/mol. The quantitative estimate of drug-likeness (QED) is 0.921. The van der Waals surface area contributed by atoms with Gasteiger partial charge in [0.25, 0.3) is 0 Å². The van der Waals surface area contributed by atoms with Gasteiger partial charge in [0.2, 0.25) is 0 Å². The van der Waals surface area contributed by atoms with Gasteiger partial charge in [-0.05, 0) is 37.0 Å². The number of nitrogens with zero attached hydrogens (tertiary/aromatic N) is 1. The Morgan fingerprint density at radius 3 is 2.60 bits per heavy atom. The van der Waals surface area contributed by atoms with E-state index >= 15 is 0 Å². The number of hydrogen-bond acceptors (Lipinski definition) is 2. The number of nitrogens with two attached hydrogens (primary N) is 1. The monoisotopic (exact) mass is 266 g/mol. The second kappa shape index (κ2) is 5.68. The maximum atomic E-state index is 6.36. The lowest BCUT2D eigenvalue weighted by Gasteiger charge is -2.28. The van der Waals surface area contributed by atoms with Gasteiger partial charge in [-0.15, -0.1) is 0 Å². The van der Waals surface area contributed by atoms with E-state index in [2.05, 4.69) is 60.4 Å². The second-order valence-corrected chi connectivity index (χ2v) is 5.78. The molecule has 2 aromatic rings. The highest BCUT2D eigenvalue weighted by molar-refractivity contribution is 5.59. The second-order valence-electron chi connectivity index (χ2n) is 5.78. The van der Waals surface area contributed by atoms with Gasteiger partial charge in [-0.2, -0.15) is 0 Å². The topological polar surface area (TPSA) is 29.3 Å². The van der Waals surface area contributed by atoms with Gasteiger partial charge in [-0.1, -0.05) is 48.5 Å². The van der Waals surface area contributed by atoms with Crippen molar-refractivity contribution in [2.24, 2.45) is 5.73 Å². The van der Waals surface area contributed by atoms with Gasteiger partial charge in [0, 0.05) is 24.3 Å². The molecule has 2 aromatic carbocycles. The fourth-order valence-electron chi connectivity index (χ4n) is 3.14. The predicted molar refractivity (Wildman–Crippen MR) is 85.1 cm³/mol. The zero-order valence-electron chi connectivity index (χ0n) is 12.0. The van der Waals surface area contributed by atoms with Crippen LogP contribution in [-0.2, 0) is 12.8 Å². The van der Waals surface area contributed by atoms with Gasteiger partial charge in [-0.3, -0.25) is 0 Å². The molecule has 2 N–H and O–H groups in total. The summed E-state index contributed by atoms with van der Waals surface area (Å²) >= 11 is 0. The van der Waals surface area contributed by atoms with E-state index in [9.17, 15) is 0 Å². The lowest BCUT2D eigenvalue weighted by atomic mass is 10.1. The molecule has 2 heteroatoms. The van der Waals surface area contributed by atoms with Crippen molar-refractivity contribution in [1.82, 2.24) is 0 Å². The highest BCUT2D eigenvalue weighted by Gasteiger charge is 2.26. The highest BCUT2D eigenvalue weighted by Crippen LogP contribution is 2.31. The van der Waals surface area contributed by atoms with E-state index < -0.39 is 0 Å². The normalized spacial score (nSPS) is 18.9. The van der Waals surface area contributed by atoms with Crippen LogP contribution in [-0.4, -0.2) is 18.6 Å². The van der Waals surface area contributed by atoms with Gasteiger partial charge < -0.3 is 10.6 Å². The number of fused-ring (bicyclic) bond motifs is 1. The average molecular weight is 266 g/mol. The van der Waals surface area contributed by atoms with Crippen molar-refractivity contribution in [3.63, 3.8) is 0 Å². The summed E-state index contributed by atoms with van der Waals surface area (Å²) in [6.07, 6.45) is 2.07. The molecule has 104 valence electrons. The Labute approximate surface area is 121 Å². The van der Waals surface area contributed by atoms with Gasteiger partial charge in [-0.25, -0.2) is 0 Å². The van der Waals surface area contributed by atoms with Crippen LogP contribution in [0.15, 0.2) is 54.6 Å². The molecule has 2 nitrogen and oxygen atoms in total. The Morgan fingerprint density at radius 2 is 1.80 bits per heavy atom. The summed E-state index contributed by atoms with van der Waals surface area (Å²) in [4.78, 5) is 2.46. The predicted octanol–water partition coefficient (Wildman–Crippen LogP) is 3.01. The molecule has 3 rings (SSSR count). The summed E-state index contributed by atoms with van der Waals surface area (Å²) < 4.78 is 0. The lowest BCUT2D eigenvalue weighted by molar-refractivity contribution is 0.588. The molecule has 0 aromatic heterocycles. The lowest BCUT2D eigenvalue weighted by Crippen LogP contribution is -2.41. The van der Waals surface area contributed by atoms with E-state index in [-0.39, 0.29) is 6.04 Å². The van der Waals surface area contributed by atoms with Crippen LogP contribution in [0.5, 0.6) is 0 Å². The summed E-state index contributed by atoms with van der Waals surface area (Å²) in [6.45, 7) is 3.21. The molecule has 2 atom stereocenters. The minimum absolute atomic E-state index is 0.172. The molecule has 0 aliphatic carbocycles. The Morgan fingerprint density at radius 1 is 1.10 bits per heavy atom. The summed E-state index contributed by atoms with van der Waals surface area (Å²) in [6, 6.07) is 19.9. The van der Waals surface area contributed by atoms with Crippen LogP contribution in [0.3, 0.4) is 0 Å². The fourth-order valence-corrected chi connectivity index (χ4v) is 3.14. The molecule has 0 radical (unpaired) electrons. The summed E-state index contributed by atoms with van der Waals surface area (Å²) in [7, 11) is 0. The molecule has 2 unspecified atom stereocenters. The molecule has 0 fully saturated rings. The van der Waals surface area contributed by atoms with Crippen LogP contribution < -0.4 is 10.6 Å². The maximum Gasteiger partial charge on any atom is 0.0402 e. The minimum Gasteiger partial charge on any atom is -0.367 e. The third-order valence-corrected chi connectivity index (χ3v) is 4.12. The van der Waals surface area contributed by atoms with E-state index in [0.717, 1.165) is 19.4 Å². The standard InChI is InChI=1S/C18H22N2/c1-14-11-16-9-5-6-10-18(16)20(14)13-17(19)12-15-7-3-2-4-8-15/h2-10,14,17H,11-13,19H2,1H3. The van der Waals surface area contributed by atoms with Crippen molar-refractivity contribution in [2.45, 2.75) is 31.8 Å². The van der Waals surface area contributed by atoms with Crippen LogP contribution in [0, 0.1) is 0 Å². The Bertz CT molecular complexity index is 565. The minimum atomic E-state index is 0.172. The molecular formula is C18H22N2. The molecule has 0 saturated carbocycles. The zero-order chi connectivity index (χ0) is 13.9. The number of anilines is 1. The first-order chi connectivity index (χ1) is 9.74. The fraction of sp³-hybridized carbons (Fsp3) is 0.333. The third kappa shape index (κ3) is 2.70. The van der Waals surface area contributed by atoms with E-state index in [1.165, 1.54) is 16.8 Å². The molecule has 0 bridgehead atoms. The first-order valence-corrected chi connectivity index (χ1v) is 7.38. The maximum absolute atomic E-state index is 6.36. The van der Waals surface area contributed by atoms with Crippen molar-refractivity contribution < 1.29 is 0 Å². The SMILES string of the molecule is CC1Cc2ccccc2N1CC(N)Cc1ccccc1. The summed E-state index contributed by atoms with van der Waals surface area (Å²) in [5, 5.41) is 0. The highest BCUT2D eigenvalue weighted by atomic mass is 15.2. The third-order valence-electron chi connectivity index (χ3n) is 4.12. The van der Waals surface area contributed by atoms with E-state index in [1.54, 1.807) is 0 Å². The summed E-state index contributed by atoms with van der Waals surface area (Å²) in [5.74, 6) is 0. The molecule has 0 amide bonds. The van der Waals surface area contributed by atoms with Crippen LogP contribution in [0.2, 0.25) is 0 Å². The first kappa shape index (κ1) is 13.2. The number of benzene rings is 2. The molecule has 0 spiro atoms. The average Bonchev–Trinajstić information content (AvgIpc) is 2.76. The van der Waals surface area contributed by atoms with Gasteiger partial charge >= 0.3 is 0 Å². The van der Waals surface area contributed by atoms with Crippen molar-refractivity contribution in [3.8, 4) is 0 Å². The smallest absolute Gasteiger partial charge is 0.0402 e. The summed E-state index contributed by atoms with van der Waals surface area (Å²) in [5.41, 5.74) is 10.5. The molecule has 1 aliphatic rings. The van der Waals surface area contributed by atoms with Crippen molar-refractivity contribution in [2.75, 3.05) is 11.4 Å². The Hall–Kier alpha value is -1.80. The van der Waals surface area contributed by atoms with E-state index in [1.807, 2.05) is 6.07 Å². The number of rotatable bonds is 4. The molecule has 1 heterocycles. The molecule has 1 aliphatic heterocycles. The largest absolute Gasteiger partial charge is 0.367 e. The number of hydrogen-bond donors (Lipinski definition) is 1. The van der Waals surface area contributed by atoms with Crippen LogP contribution in [0.4, 0.5) is 5.69 Å². The van der Waals surface area contributed by atoms with Gasteiger partial charge in [0.15, 0.2) is 0 Å². The van der Waals surface area contributed by atoms with Gasteiger partial charge in [0.1, 0.15) is 0 Å². The van der Waals surface area contributed by atoms with E-state index in [0.29, 0.717) is 6.04 Å². The van der Waals surface area contributed by atoms with Crippen LogP contribution in [0.1, 0.15) is 18.1 Å². The molecule has 0 saturated heterocycles. The van der Waals surface area contributed by atoms with Crippen LogP contribution >= 0.6 is 0 Å². The van der Waals surface area contributed by atoms with Crippen molar-refractivity contribution >= 4 is 5.69 Å². The first-order valence-electron chi connectivity index (χ1n) is 7.38. The van der Waals surface area contributed by atoms with Crippen LogP contribution in [0.25, 0.3) is 0 Å².